The Hall–Kier alpha value is -1.40. The lowest BCUT2D eigenvalue weighted by Crippen LogP contribution is -2.49. The van der Waals surface area contributed by atoms with Gasteiger partial charge in [0.25, 0.3) is 5.91 Å². The van der Waals surface area contributed by atoms with Crippen LogP contribution in [0.2, 0.25) is 0 Å². The minimum atomic E-state index is -0.457. The lowest BCUT2D eigenvalue weighted by atomic mass is 10.0. The van der Waals surface area contributed by atoms with E-state index in [9.17, 15) is 9.59 Å². The fourth-order valence-corrected chi connectivity index (χ4v) is 3.85. The van der Waals surface area contributed by atoms with Crippen LogP contribution in [0.3, 0.4) is 0 Å². The standard InChI is InChI=1S/C17H23NO4S/c19-16(15-8-5-11-23-15)18-9-3-1-7-14(18)17(20)22-12-13-6-2-4-10-21-13/h5,8,11,13-14H,1-4,6-7,9-10,12H2/t13-,14-/m1/s1. The largest absolute Gasteiger partial charge is 0.461 e. The van der Waals surface area contributed by atoms with Gasteiger partial charge >= 0.3 is 5.97 Å². The van der Waals surface area contributed by atoms with Crippen LogP contribution in [-0.2, 0) is 14.3 Å². The Morgan fingerprint density at radius 2 is 2.13 bits per heavy atom. The van der Waals surface area contributed by atoms with E-state index in [-0.39, 0.29) is 18.0 Å². The number of hydrogen-bond donors (Lipinski definition) is 0. The van der Waals surface area contributed by atoms with E-state index >= 15 is 0 Å². The number of ether oxygens (including phenoxy) is 2. The third-order valence-electron chi connectivity index (χ3n) is 4.45. The average Bonchev–Trinajstić information content (AvgIpc) is 3.14. The molecule has 3 rings (SSSR count). The number of thiophene rings is 1. The van der Waals surface area contributed by atoms with E-state index in [4.69, 9.17) is 9.47 Å². The molecule has 2 saturated heterocycles. The number of carbonyl (C=O) groups excluding carboxylic acids is 2. The zero-order valence-corrected chi connectivity index (χ0v) is 14.1. The molecule has 1 amide bonds. The van der Waals surface area contributed by atoms with E-state index in [1.165, 1.54) is 11.3 Å². The summed E-state index contributed by atoms with van der Waals surface area (Å²) in [6.07, 6.45) is 5.72. The van der Waals surface area contributed by atoms with Gasteiger partial charge in [-0.3, -0.25) is 4.79 Å². The molecule has 126 valence electrons. The smallest absolute Gasteiger partial charge is 0.328 e. The SMILES string of the molecule is O=C(OC[C@H]1CCCCO1)[C@H]1CCCCN1C(=O)c1cccs1. The number of rotatable bonds is 4. The second-order valence-electron chi connectivity index (χ2n) is 6.11. The summed E-state index contributed by atoms with van der Waals surface area (Å²) in [4.78, 5) is 27.4. The monoisotopic (exact) mass is 337 g/mol. The first-order valence-corrected chi connectivity index (χ1v) is 9.26. The molecular weight excluding hydrogens is 314 g/mol. The van der Waals surface area contributed by atoms with Gasteiger partial charge in [0, 0.05) is 13.2 Å². The van der Waals surface area contributed by atoms with Gasteiger partial charge in [-0.1, -0.05) is 6.07 Å². The van der Waals surface area contributed by atoms with Crippen LogP contribution in [0.25, 0.3) is 0 Å². The van der Waals surface area contributed by atoms with Gasteiger partial charge in [0.05, 0.1) is 11.0 Å². The first kappa shape index (κ1) is 16.5. The predicted octanol–water partition coefficient (Wildman–Crippen LogP) is 2.86. The van der Waals surface area contributed by atoms with E-state index in [2.05, 4.69) is 0 Å². The van der Waals surface area contributed by atoms with Gasteiger partial charge in [0.2, 0.25) is 0 Å². The maximum Gasteiger partial charge on any atom is 0.328 e. The van der Waals surface area contributed by atoms with Gasteiger partial charge in [-0.05, 0) is 50.0 Å². The summed E-state index contributed by atoms with van der Waals surface area (Å²) in [5.41, 5.74) is 0. The minimum absolute atomic E-state index is 0.0118. The molecule has 2 atom stereocenters. The van der Waals surface area contributed by atoms with Crippen LogP contribution in [0.15, 0.2) is 17.5 Å². The molecule has 3 heterocycles. The van der Waals surface area contributed by atoms with Crippen molar-refractivity contribution in [1.82, 2.24) is 4.90 Å². The molecule has 0 aliphatic carbocycles. The number of hydrogen-bond acceptors (Lipinski definition) is 5. The molecule has 2 fully saturated rings. The van der Waals surface area contributed by atoms with Gasteiger partial charge in [0.1, 0.15) is 12.6 Å². The highest BCUT2D eigenvalue weighted by molar-refractivity contribution is 7.12. The second-order valence-corrected chi connectivity index (χ2v) is 7.05. The highest BCUT2D eigenvalue weighted by Gasteiger charge is 2.34. The molecular formula is C17H23NO4S. The summed E-state index contributed by atoms with van der Waals surface area (Å²) in [5, 5.41) is 1.88. The van der Waals surface area contributed by atoms with Crippen molar-refractivity contribution in [3.8, 4) is 0 Å². The number of piperidine rings is 1. The van der Waals surface area contributed by atoms with Crippen LogP contribution >= 0.6 is 11.3 Å². The van der Waals surface area contributed by atoms with Crippen molar-refractivity contribution in [2.24, 2.45) is 0 Å². The summed E-state index contributed by atoms with van der Waals surface area (Å²) in [7, 11) is 0. The van der Waals surface area contributed by atoms with Crippen LogP contribution in [0, 0.1) is 0 Å². The minimum Gasteiger partial charge on any atom is -0.461 e. The second kappa shape index (κ2) is 7.93. The Bertz CT molecular complexity index is 525. The van der Waals surface area contributed by atoms with E-state index in [0.717, 1.165) is 38.7 Å². The molecule has 0 radical (unpaired) electrons. The molecule has 2 aliphatic rings. The molecule has 0 spiro atoms. The lowest BCUT2D eigenvalue weighted by molar-refractivity contribution is -0.155. The molecule has 2 aliphatic heterocycles. The number of amides is 1. The quantitative estimate of drug-likeness (QED) is 0.793. The summed E-state index contributed by atoms with van der Waals surface area (Å²) >= 11 is 1.41. The number of nitrogens with zero attached hydrogens (tertiary/aromatic N) is 1. The van der Waals surface area contributed by atoms with Crippen molar-refractivity contribution >= 4 is 23.2 Å². The molecule has 0 N–H and O–H groups in total. The molecule has 0 unspecified atom stereocenters. The van der Waals surface area contributed by atoms with E-state index < -0.39 is 6.04 Å². The Morgan fingerprint density at radius 1 is 1.26 bits per heavy atom. The summed E-state index contributed by atoms with van der Waals surface area (Å²) < 4.78 is 11.1. The predicted molar refractivity (Wildman–Crippen MR) is 87.5 cm³/mol. The molecule has 0 bridgehead atoms. The van der Waals surface area contributed by atoms with Crippen molar-refractivity contribution < 1.29 is 19.1 Å². The summed E-state index contributed by atoms with van der Waals surface area (Å²) in [5.74, 6) is -0.348. The van der Waals surface area contributed by atoms with Gasteiger partial charge in [-0.25, -0.2) is 4.79 Å². The summed E-state index contributed by atoms with van der Waals surface area (Å²) in [6.45, 7) is 1.67. The number of likely N-dealkylation sites (tertiary alicyclic amines) is 1. The Labute approximate surface area is 140 Å². The van der Waals surface area contributed by atoms with Crippen molar-refractivity contribution in [2.75, 3.05) is 19.8 Å². The normalized spacial score (nSPS) is 25.1. The van der Waals surface area contributed by atoms with Crippen molar-refractivity contribution in [1.29, 1.82) is 0 Å². The molecule has 23 heavy (non-hydrogen) atoms. The van der Waals surface area contributed by atoms with Crippen LogP contribution in [0.4, 0.5) is 0 Å². The third kappa shape index (κ3) is 4.12. The first-order valence-electron chi connectivity index (χ1n) is 8.38. The zero-order valence-electron chi connectivity index (χ0n) is 13.2. The van der Waals surface area contributed by atoms with E-state index in [1.54, 1.807) is 11.0 Å². The summed E-state index contributed by atoms with van der Waals surface area (Å²) in [6, 6.07) is 3.21. The van der Waals surface area contributed by atoms with Gasteiger partial charge < -0.3 is 14.4 Å². The zero-order chi connectivity index (χ0) is 16.1. The molecule has 1 aromatic rings. The van der Waals surface area contributed by atoms with Crippen molar-refractivity contribution in [3.05, 3.63) is 22.4 Å². The number of carbonyl (C=O) groups is 2. The molecule has 1 aromatic heterocycles. The topological polar surface area (TPSA) is 55.8 Å². The van der Waals surface area contributed by atoms with Crippen LogP contribution < -0.4 is 0 Å². The molecule has 0 saturated carbocycles. The number of esters is 1. The lowest BCUT2D eigenvalue weighted by Gasteiger charge is -2.34. The molecule has 6 heteroatoms. The van der Waals surface area contributed by atoms with Crippen LogP contribution in [-0.4, -0.2) is 48.7 Å². The average molecular weight is 337 g/mol. The van der Waals surface area contributed by atoms with Crippen molar-refractivity contribution in [3.63, 3.8) is 0 Å². The van der Waals surface area contributed by atoms with E-state index in [0.29, 0.717) is 24.4 Å². The third-order valence-corrected chi connectivity index (χ3v) is 5.31. The Kier molecular flexibility index (Phi) is 5.67. The van der Waals surface area contributed by atoms with Crippen LogP contribution in [0.5, 0.6) is 0 Å². The van der Waals surface area contributed by atoms with E-state index in [1.807, 2.05) is 11.4 Å². The van der Waals surface area contributed by atoms with Crippen LogP contribution in [0.1, 0.15) is 48.2 Å². The maximum atomic E-state index is 12.6. The van der Waals surface area contributed by atoms with Crippen molar-refractivity contribution in [2.45, 2.75) is 50.7 Å². The molecule has 5 nitrogen and oxygen atoms in total. The van der Waals surface area contributed by atoms with Gasteiger partial charge in [0.15, 0.2) is 0 Å². The maximum absolute atomic E-state index is 12.6. The molecule has 0 aromatic carbocycles. The highest BCUT2D eigenvalue weighted by atomic mass is 32.1. The first-order chi connectivity index (χ1) is 11.3. The highest BCUT2D eigenvalue weighted by Crippen LogP contribution is 2.23. The Morgan fingerprint density at radius 3 is 2.87 bits per heavy atom. The fourth-order valence-electron chi connectivity index (χ4n) is 3.17. The van der Waals surface area contributed by atoms with Gasteiger partial charge in [-0.2, -0.15) is 0 Å². The fraction of sp³-hybridized carbons (Fsp3) is 0.647. The Balaban J connectivity index is 1.58. The van der Waals surface area contributed by atoms with Gasteiger partial charge in [-0.15, -0.1) is 11.3 Å².